The fourth-order valence-electron chi connectivity index (χ4n) is 4.24. The molecular weight excluding hydrogens is 260 g/mol. The second-order valence-corrected chi connectivity index (χ2v) is 9.18. The molecular formula is C19H32O2. The summed E-state index contributed by atoms with van der Waals surface area (Å²) in [5.41, 5.74) is -0.540. The number of hydrogen-bond donors (Lipinski definition) is 0. The Morgan fingerprint density at radius 3 is 1.48 bits per heavy atom. The molecule has 2 aliphatic rings. The number of rotatable bonds is 1. The normalized spacial score (nSPS) is 38.7. The maximum Gasteiger partial charge on any atom is 0.260 e. The predicted octanol–water partition coefficient (Wildman–Crippen LogP) is 5.51. The topological polar surface area (TPSA) is 18.5 Å². The van der Waals surface area contributed by atoms with Crippen LogP contribution in [0.3, 0.4) is 0 Å². The third kappa shape index (κ3) is 1.54. The van der Waals surface area contributed by atoms with Gasteiger partial charge in [-0.05, 0) is 5.41 Å². The van der Waals surface area contributed by atoms with Crippen LogP contribution in [0.25, 0.3) is 0 Å². The Morgan fingerprint density at radius 1 is 0.857 bits per heavy atom. The van der Waals surface area contributed by atoms with Crippen molar-refractivity contribution < 1.29 is 9.47 Å². The van der Waals surface area contributed by atoms with E-state index in [-0.39, 0.29) is 27.6 Å². The summed E-state index contributed by atoms with van der Waals surface area (Å²) in [6, 6.07) is 0. The zero-order chi connectivity index (χ0) is 16.6. The Balaban J connectivity index is 2.76. The summed E-state index contributed by atoms with van der Waals surface area (Å²) < 4.78 is 12.8. The minimum absolute atomic E-state index is 0.0582. The monoisotopic (exact) mass is 292 g/mol. The van der Waals surface area contributed by atoms with Gasteiger partial charge in [0.25, 0.3) is 5.79 Å². The van der Waals surface area contributed by atoms with Gasteiger partial charge in [-0.1, -0.05) is 75.5 Å². The van der Waals surface area contributed by atoms with Crippen LogP contribution in [0.15, 0.2) is 24.7 Å². The van der Waals surface area contributed by atoms with Crippen LogP contribution < -0.4 is 0 Å². The van der Waals surface area contributed by atoms with Gasteiger partial charge in [-0.3, -0.25) is 0 Å². The number of allylic oxidation sites excluding steroid dienone is 2. The van der Waals surface area contributed by atoms with Crippen molar-refractivity contribution in [3.8, 4) is 0 Å². The fourth-order valence-corrected chi connectivity index (χ4v) is 4.24. The highest BCUT2D eigenvalue weighted by Crippen LogP contribution is 2.76. The van der Waals surface area contributed by atoms with Gasteiger partial charge in [-0.2, -0.15) is 0 Å². The summed E-state index contributed by atoms with van der Waals surface area (Å²) in [6.45, 7) is 28.5. The fraction of sp³-hybridized carbons (Fsp3) is 0.789. The van der Waals surface area contributed by atoms with E-state index in [9.17, 15) is 0 Å². The van der Waals surface area contributed by atoms with Gasteiger partial charge in [-0.25, -0.2) is 0 Å². The number of ether oxygens (including phenoxy) is 2. The van der Waals surface area contributed by atoms with Crippen molar-refractivity contribution in [3.05, 3.63) is 24.7 Å². The summed E-state index contributed by atoms with van der Waals surface area (Å²) in [4.78, 5) is 0. The molecule has 0 radical (unpaired) electrons. The molecule has 2 rings (SSSR count). The molecule has 120 valence electrons. The lowest BCUT2D eigenvalue weighted by Gasteiger charge is -2.50. The van der Waals surface area contributed by atoms with Gasteiger partial charge in [-0.15, -0.1) is 0 Å². The van der Waals surface area contributed by atoms with Gasteiger partial charge < -0.3 is 9.47 Å². The van der Waals surface area contributed by atoms with Gasteiger partial charge in [0, 0.05) is 16.7 Å². The highest BCUT2D eigenvalue weighted by Gasteiger charge is 2.80. The summed E-state index contributed by atoms with van der Waals surface area (Å²) >= 11 is 0. The lowest BCUT2D eigenvalue weighted by molar-refractivity contribution is -0.250. The summed E-state index contributed by atoms with van der Waals surface area (Å²) in [5.74, 6) is 1.14. The van der Waals surface area contributed by atoms with E-state index < -0.39 is 5.79 Å². The third-order valence-corrected chi connectivity index (χ3v) is 7.01. The van der Waals surface area contributed by atoms with Crippen LogP contribution >= 0.6 is 0 Å². The molecule has 2 saturated heterocycles. The van der Waals surface area contributed by atoms with Crippen LogP contribution in [0.5, 0.6) is 0 Å². The molecule has 2 nitrogen and oxygen atoms in total. The lowest BCUT2D eigenvalue weighted by atomic mass is 9.49. The van der Waals surface area contributed by atoms with Gasteiger partial charge in [0.15, 0.2) is 0 Å². The van der Waals surface area contributed by atoms with E-state index >= 15 is 0 Å². The Bertz CT molecular complexity index is 472. The number of fused-ring (bicyclic) bond motifs is 1. The molecule has 21 heavy (non-hydrogen) atoms. The van der Waals surface area contributed by atoms with Crippen molar-refractivity contribution in [1.29, 1.82) is 0 Å². The largest absolute Gasteiger partial charge is 0.456 e. The number of hydrogen-bond acceptors (Lipinski definition) is 2. The first kappa shape index (κ1) is 16.5. The van der Waals surface area contributed by atoms with E-state index in [1.807, 2.05) is 0 Å². The Labute approximate surface area is 130 Å². The molecule has 0 aromatic rings. The molecule has 0 aromatic carbocycles. The SMILES string of the molecule is C=C1OC2(C(C)C(C)(C)C)OC(=C)C(C)(C)C2(C)C1(C)C. The smallest absolute Gasteiger partial charge is 0.260 e. The maximum absolute atomic E-state index is 6.41. The van der Waals surface area contributed by atoms with E-state index in [2.05, 4.69) is 75.5 Å². The molecule has 0 bridgehead atoms. The second-order valence-electron chi connectivity index (χ2n) is 9.18. The van der Waals surface area contributed by atoms with E-state index in [4.69, 9.17) is 9.47 Å². The molecule has 0 N–H and O–H groups in total. The van der Waals surface area contributed by atoms with Crippen LogP contribution in [-0.2, 0) is 9.47 Å². The third-order valence-electron chi connectivity index (χ3n) is 7.01. The molecule has 1 atom stereocenters. The first-order valence-electron chi connectivity index (χ1n) is 7.93. The standard InChI is InChI=1S/C19H32O2/c1-12(15(4,5)6)19-18(11,16(7,8)13(2)20-19)17(9,10)14(3)21-19/h12H,2-3H2,1,4-11H3. The molecule has 1 unspecified atom stereocenters. The van der Waals surface area contributed by atoms with Crippen molar-refractivity contribution in [2.75, 3.05) is 0 Å². The second kappa shape index (κ2) is 3.88. The Morgan fingerprint density at radius 2 is 1.19 bits per heavy atom. The van der Waals surface area contributed by atoms with Gasteiger partial charge in [0.2, 0.25) is 0 Å². The quantitative estimate of drug-likeness (QED) is 0.634. The molecule has 0 aromatic heterocycles. The molecule has 0 amide bonds. The molecule has 0 aliphatic carbocycles. The highest BCUT2D eigenvalue weighted by atomic mass is 16.7. The highest BCUT2D eigenvalue weighted by molar-refractivity contribution is 5.33. The van der Waals surface area contributed by atoms with E-state index in [0.29, 0.717) is 0 Å². The minimum atomic E-state index is -0.702. The molecule has 2 aliphatic heterocycles. The van der Waals surface area contributed by atoms with Gasteiger partial charge >= 0.3 is 0 Å². The minimum Gasteiger partial charge on any atom is -0.456 e. The maximum atomic E-state index is 6.41. The molecule has 2 heteroatoms. The van der Waals surface area contributed by atoms with Crippen LogP contribution in [0.4, 0.5) is 0 Å². The average Bonchev–Trinajstić information content (AvgIpc) is 2.56. The molecule has 2 heterocycles. The summed E-state index contributed by atoms with van der Waals surface area (Å²) in [5, 5.41) is 0. The zero-order valence-electron chi connectivity index (χ0n) is 15.3. The van der Waals surface area contributed by atoms with E-state index in [0.717, 1.165) is 11.5 Å². The van der Waals surface area contributed by atoms with Crippen LogP contribution in [0.2, 0.25) is 0 Å². The predicted molar refractivity (Wildman–Crippen MR) is 87.5 cm³/mol. The van der Waals surface area contributed by atoms with Crippen molar-refractivity contribution in [1.82, 2.24) is 0 Å². The van der Waals surface area contributed by atoms with Crippen molar-refractivity contribution >= 4 is 0 Å². The lowest BCUT2D eigenvalue weighted by Crippen LogP contribution is -2.57. The molecule has 2 fully saturated rings. The molecule has 0 saturated carbocycles. The van der Waals surface area contributed by atoms with Crippen LogP contribution in [-0.4, -0.2) is 5.79 Å². The van der Waals surface area contributed by atoms with Crippen LogP contribution in [0.1, 0.15) is 62.3 Å². The van der Waals surface area contributed by atoms with Crippen LogP contribution in [0, 0.1) is 27.6 Å². The van der Waals surface area contributed by atoms with E-state index in [1.54, 1.807) is 0 Å². The zero-order valence-corrected chi connectivity index (χ0v) is 15.3. The summed E-state index contributed by atoms with van der Waals surface area (Å²) in [7, 11) is 0. The first-order chi connectivity index (χ1) is 9.16. The van der Waals surface area contributed by atoms with E-state index in [1.165, 1.54) is 0 Å². The van der Waals surface area contributed by atoms with Crippen molar-refractivity contribution in [2.24, 2.45) is 27.6 Å². The Hall–Kier alpha value is -0.920. The van der Waals surface area contributed by atoms with Gasteiger partial charge in [0.1, 0.15) is 11.5 Å². The van der Waals surface area contributed by atoms with Crippen molar-refractivity contribution in [2.45, 2.75) is 68.1 Å². The summed E-state index contributed by atoms with van der Waals surface area (Å²) in [6.07, 6.45) is 0. The van der Waals surface area contributed by atoms with Crippen molar-refractivity contribution in [3.63, 3.8) is 0 Å². The first-order valence-corrected chi connectivity index (χ1v) is 7.93. The average molecular weight is 292 g/mol. The van der Waals surface area contributed by atoms with Gasteiger partial charge in [0.05, 0.1) is 5.41 Å². The molecule has 0 spiro atoms. The Kier molecular flexibility index (Phi) is 3.04.